The number of hydrogen-bond donors (Lipinski definition) is 0. The van der Waals surface area contributed by atoms with Crippen molar-refractivity contribution >= 4 is 0 Å². The summed E-state index contributed by atoms with van der Waals surface area (Å²) in [5, 5.41) is 0. The molecule has 0 N–H and O–H groups in total. The van der Waals surface area contributed by atoms with E-state index in [1.807, 2.05) is 40.8 Å². The average molecular weight is 205 g/mol. The van der Waals surface area contributed by atoms with Gasteiger partial charge < -0.3 is 0 Å². The van der Waals surface area contributed by atoms with E-state index in [9.17, 15) is 0 Å². The van der Waals surface area contributed by atoms with Crippen molar-refractivity contribution in [2.45, 2.75) is 48.5 Å². The zero-order chi connectivity index (χ0) is 12.3. The van der Waals surface area contributed by atoms with Crippen molar-refractivity contribution < 1.29 is 0 Å². The summed E-state index contributed by atoms with van der Waals surface area (Å²) in [4.78, 5) is 4.18. The van der Waals surface area contributed by atoms with Gasteiger partial charge in [0.1, 0.15) is 0 Å². The molecule has 0 radical (unpaired) electrons. The minimum absolute atomic E-state index is 1.13. The van der Waals surface area contributed by atoms with Crippen molar-refractivity contribution in [1.82, 2.24) is 4.98 Å². The van der Waals surface area contributed by atoms with E-state index < -0.39 is 0 Å². The fourth-order valence-electron chi connectivity index (χ4n) is 0.784. The third kappa shape index (κ3) is 9.02. The van der Waals surface area contributed by atoms with E-state index in [1.54, 1.807) is 0 Å². The van der Waals surface area contributed by atoms with Crippen LogP contribution >= 0.6 is 0 Å². The molecule has 1 aromatic heterocycles. The maximum Gasteiger partial charge on any atom is 0.0401 e. The van der Waals surface area contributed by atoms with Crippen LogP contribution in [0.4, 0.5) is 0 Å². The smallest absolute Gasteiger partial charge is 0.0401 e. The van der Waals surface area contributed by atoms with Crippen molar-refractivity contribution in [3.05, 3.63) is 29.1 Å². The fourth-order valence-corrected chi connectivity index (χ4v) is 0.784. The first-order chi connectivity index (χ1) is 7.11. The lowest BCUT2D eigenvalue weighted by atomic mass is 10.2. The monoisotopic (exact) mass is 205 g/mol. The van der Waals surface area contributed by atoms with E-state index in [-0.39, 0.29) is 0 Å². The molecule has 1 aromatic rings. The lowest BCUT2D eigenvalue weighted by Gasteiger charge is -1.97. The molecule has 0 amide bonds. The third-order valence-corrected chi connectivity index (χ3v) is 1.73. The maximum atomic E-state index is 4.18. The molecule has 0 saturated heterocycles. The highest BCUT2D eigenvalue weighted by Crippen LogP contribution is 2.03. The molecule has 0 fully saturated rings. The predicted molar refractivity (Wildman–Crippen MR) is 68.9 cm³/mol. The van der Waals surface area contributed by atoms with Crippen LogP contribution in [0.5, 0.6) is 0 Å². The van der Waals surface area contributed by atoms with Crippen LogP contribution in [0, 0.1) is 32.6 Å². The fraction of sp³-hybridized carbons (Fsp3) is 0.500. The van der Waals surface area contributed by atoms with Gasteiger partial charge in [0.05, 0.1) is 0 Å². The number of nitrogens with zero attached hydrogens (tertiary/aromatic N) is 1. The summed E-state index contributed by atoms with van der Waals surface area (Å²) < 4.78 is 0. The largest absolute Gasteiger partial charge is 0.261 e. The zero-order valence-corrected chi connectivity index (χ0v) is 11.1. The first-order valence-corrected chi connectivity index (χ1v) is 5.35. The van der Waals surface area contributed by atoms with E-state index in [0.29, 0.717) is 0 Å². The third-order valence-electron chi connectivity index (χ3n) is 1.73. The van der Waals surface area contributed by atoms with E-state index in [0.717, 1.165) is 5.69 Å². The van der Waals surface area contributed by atoms with Crippen LogP contribution in [0.25, 0.3) is 0 Å². The van der Waals surface area contributed by atoms with Gasteiger partial charge in [-0.2, -0.15) is 0 Å². The van der Waals surface area contributed by atoms with Gasteiger partial charge in [0.25, 0.3) is 0 Å². The first-order valence-electron chi connectivity index (χ1n) is 5.35. The molecule has 1 nitrogen and oxygen atoms in total. The number of rotatable bonds is 0. The second-order valence-electron chi connectivity index (χ2n) is 2.91. The highest BCUT2D eigenvalue weighted by Gasteiger charge is 1.90. The number of aryl methyl sites for hydroxylation is 3. The van der Waals surface area contributed by atoms with Gasteiger partial charge in [-0.3, -0.25) is 4.98 Å². The molecular weight excluding hydrogens is 182 g/mol. The number of pyridine rings is 1. The zero-order valence-electron chi connectivity index (χ0n) is 11.1. The van der Waals surface area contributed by atoms with Crippen LogP contribution in [-0.2, 0) is 0 Å². The highest BCUT2D eigenvalue weighted by atomic mass is 14.7. The molecule has 1 heterocycles. The molecule has 1 heteroatoms. The van der Waals surface area contributed by atoms with Gasteiger partial charge in [-0.25, -0.2) is 0 Å². The topological polar surface area (TPSA) is 12.9 Å². The molecule has 0 atom stereocenters. The van der Waals surface area contributed by atoms with Crippen molar-refractivity contribution in [1.29, 1.82) is 0 Å². The Morgan fingerprint density at radius 2 is 1.47 bits per heavy atom. The molecule has 0 spiro atoms. The Bertz CT molecular complexity index is 310. The van der Waals surface area contributed by atoms with Crippen LogP contribution in [0.15, 0.2) is 12.3 Å². The van der Waals surface area contributed by atoms with Crippen LogP contribution in [0.1, 0.15) is 44.5 Å². The van der Waals surface area contributed by atoms with E-state index in [1.165, 1.54) is 11.1 Å². The Kier molecular flexibility index (Phi) is 11.6. The van der Waals surface area contributed by atoms with Crippen molar-refractivity contribution in [2.24, 2.45) is 0 Å². The number of aromatic nitrogens is 1. The quantitative estimate of drug-likeness (QED) is 0.582. The molecule has 84 valence electrons. The SMILES string of the molecule is CC.CC#CC.Cc1cnc(C)c(C)c1. The predicted octanol–water partition coefficient (Wildman–Crippen LogP) is 4.06. The second kappa shape index (κ2) is 10.8. The lowest BCUT2D eigenvalue weighted by molar-refractivity contribution is 1.12. The molecule has 0 aliphatic heterocycles. The average Bonchev–Trinajstić information content (AvgIpc) is 2.27. The summed E-state index contributed by atoms with van der Waals surface area (Å²) in [6.45, 7) is 13.8. The van der Waals surface area contributed by atoms with Crippen LogP contribution in [-0.4, -0.2) is 4.98 Å². The summed E-state index contributed by atoms with van der Waals surface area (Å²) in [6.07, 6.45) is 1.89. The Labute approximate surface area is 94.9 Å². The van der Waals surface area contributed by atoms with E-state index in [4.69, 9.17) is 0 Å². The summed E-state index contributed by atoms with van der Waals surface area (Å²) >= 11 is 0. The maximum absolute atomic E-state index is 4.18. The molecule has 1 rings (SSSR count). The van der Waals surface area contributed by atoms with E-state index in [2.05, 4.69) is 36.7 Å². The normalized spacial score (nSPS) is 7.13. The van der Waals surface area contributed by atoms with Crippen molar-refractivity contribution in [3.63, 3.8) is 0 Å². The number of hydrogen-bond acceptors (Lipinski definition) is 1. The van der Waals surface area contributed by atoms with Gasteiger partial charge in [-0.1, -0.05) is 19.9 Å². The summed E-state index contributed by atoms with van der Waals surface area (Å²) in [7, 11) is 0. The molecule has 15 heavy (non-hydrogen) atoms. The standard InChI is InChI=1S/C8H11N.C4H6.C2H6/c1-6-4-7(2)8(3)9-5-6;1-3-4-2;1-2/h4-5H,1-3H3;1-2H3;1-2H3. The highest BCUT2D eigenvalue weighted by molar-refractivity contribution is 5.21. The van der Waals surface area contributed by atoms with Crippen LogP contribution in [0.2, 0.25) is 0 Å². The molecule has 0 unspecified atom stereocenters. The first kappa shape index (κ1) is 16.2. The van der Waals surface area contributed by atoms with E-state index >= 15 is 0 Å². The van der Waals surface area contributed by atoms with Gasteiger partial charge in [0.2, 0.25) is 0 Å². The Morgan fingerprint density at radius 1 is 1.00 bits per heavy atom. The molecular formula is C14H23N. The minimum Gasteiger partial charge on any atom is -0.261 e. The summed E-state index contributed by atoms with van der Waals surface area (Å²) in [6, 6.07) is 2.14. The molecule has 0 aliphatic carbocycles. The van der Waals surface area contributed by atoms with Crippen LogP contribution in [0.3, 0.4) is 0 Å². The molecule has 0 saturated carbocycles. The van der Waals surface area contributed by atoms with Gasteiger partial charge in [-0.05, 0) is 45.7 Å². The van der Waals surface area contributed by atoms with Gasteiger partial charge in [0, 0.05) is 11.9 Å². The van der Waals surface area contributed by atoms with Crippen LogP contribution < -0.4 is 0 Å². The van der Waals surface area contributed by atoms with Gasteiger partial charge in [-0.15, -0.1) is 11.8 Å². The van der Waals surface area contributed by atoms with Crippen molar-refractivity contribution in [3.8, 4) is 11.8 Å². The summed E-state index contributed by atoms with van der Waals surface area (Å²) in [5.74, 6) is 5.36. The second-order valence-corrected chi connectivity index (χ2v) is 2.91. The Hall–Kier alpha value is -1.29. The molecule has 0 aromatic carbocycles. The lowest BCUT2D eigenvalue weighted by Crippen LogP contribution is -1.85. The Balaban J connectivity index is 0. The molecule has 0 aliphatic rings. The summed E-state index contributed by atoms with van der Waals surface area (Å²) in [5.41, 5.74) is 3.63. The minimum atomic E-state index is 1.13. The van der Waals surface area contributed by atoms with Gasteiger partial charge >= 0.3 is 0 Å². The van der Waals surface area contributed by atoms with Crippen molar-refractivity contribution in [2.75, 3.05) is 0 Å². The van der Waals surface area contributed by atoms with Gasteiger partial charge in [0.15, 0.2) is 0 Å². The molecule has 0 bridgehead atoms. The Morgan fingerprint density at radius 3 is 1.73 bits per heavy atom.